The first-order chi connectivity index (χ1) is 15.3. The van der Waals surface area contributed by atoms with Crippen molar-refractivity contribution in [2.24, 2.45) is 46.3 Å². The molecule has 3 fully saturated rings. The zero-order valence-corrected chi connectivity index (χ0v) is 22.1. The molecule has 4 aliphatic carbocycles. The molecule has 4 aliphatic rings. The second-order valence-electron chi connectivity index (χ2n) is 12.7. The fraction of sp³-hybridized carbons (Fsp3) is 0.926. The molecule has 6 heteroatoms. The molecule has 190 valence electrons. The molecule has 0 heterocycles. The van der Waals surface area contributed by atoms with Crippen LogP contribution in [0.3, 0.4) is 0 Å². The van der Waals surface area contributed by atoms with Gasteiger partial charge in [0.15, 0.2) is 0 Å². The Kier molecular flexibility index (Phi) is 7.17. The molecule has 5 nitrogen and oxygen atoms in total. The maximum absolute atomic E-state index is 11.2. The minimum Gasteiger partial charge on any atom is -0.393 e. The maximum Gasteiger partial charge on any atom is 0.397 e. The van der Waals surface area contributed by atoms with Gasteiger partial charge in [0.25, 0.3) is 0 Å². The van der Waals surface area contributed by atoms with Crippen molar-refractivity contribution < 1.29 is 22.3 Å². The number of hydrogen-bond donors (Lipinski definition) is 2. The summed E-state index contributed by atoms with van der Waals surface area (Å²) in [4.78, 5) is 0. The lowest BCUT2D eigenvalue weighted by Gasteiger charge is -2.58. The fourth-order valence-electron chi connectivity index (χ4n) is 8.83. The second-order valence-corrected chi connectivity index (χ2v) is 13.8. The van der Waals surface area contributed by atoms with Crippen LogP contribution in [-0.4, -0.2) is 30.3 Å². The summed E-state index contributed by atoms with van der Waals surface area (Å²) in [6.07, 6.45) is 12.4. The summed E-state index contributed by atoms with van der Waals surface area (Å²) in [7, 11) is -4.40. The molecule has 0 aromatic heterocycles. The van der Waals surface area contributed by atoms with Crippen molar-refractivity contribution in [2.75, 3.05) is 0 Å². The Morgan fingerprint density at radius 2 is 1.79 bits per heavy atom. The van der Waals surface area contributed by atoms with Gasteiger partial charge in [0.1, 0.15) is 0 Å². The Labute approximate surface area is 201 Å². The molecule has 0 saturated heterocycles. The highest BCUT2D eigenvalue weighted by molar-refractivity contribution is 7.80. The van der Waals surface area contributed by atoms with Crippen molar-refractivity contribution in [3.05, 3.63) is 11.6 Å². The molecule has 2 N–H and O–H groups in total. The highest BCUT2D eigenvalue weighted by Gasteiger charge is 2.59. The van der Waals surface area contributed by atoms with Gasteiger partial charge in [-0.25, -0.2) is 4.18 Å². The van der Waals surface area contributed by atoms with Crippen LogP contribution in [0.25, 0.3) is 0 Å². The van der Waals surface area contributed by atoms with Crippen molar-refractivity contribution in [2.45, 2.75) is 111 Å². The van der Waals surface area contributed by atoms with Crippen molar-refractivity contribution in [3.8, 4) is 0 Å². The fourth-order valence-corrected chi connectivity index (χ4v) is 9.33. The van der Waals surface area contributed by atoms with Crippen LogP contribution in [0, 0.1) is 46.3 Å². The molecule has 0 amide bonds. The third-order valence-electron chi connectivity index (χ3n) is 10.8. The maximum atomic E-state index is 11.2. The summed E-state index contributed by atoms with van der Waals surface area (Å²) < 4.78 is 36.5. The molecule has 0 aromatic rings. The first-order valence-corrected chi connectivity index (χ1v) is 14.7. The Morgan fingerprint density at radius 3 is 2.45 bits per heavy atom. The molecule has 0 spiro atoms. The third-order valence-corrected chi connectivity index (χ3v) is 11.3. The lowest BCUT2D eigenvalue weighted by molar-refractivity contribution is -0.0567. The van der Waals surface area contributed by atoms with Gasteiger partial charge in [-0.15, -0.1) is 0 Å². The van der Waals surface area contributed by atoms with Gasteiger partial charge in [-0.1, -0.05) is 46.3 Å². The zero-order valence-electron chi connectivity index (χ0n) is 21.3. The lowest BCUT2D eigenvalue weighted by atomic mass is 9.47. The van der Waals surface area contributed by atoms with Crippen LogP contribution in [0.2, 0.25) is 0 Å². The summed E-state index contributed by atoms with van der Waals surface area (Å²) >= 11 is 0. The normalized spacial score (nSPS) is 42.8. The topological polar surface area (TPSA) is 83.8 Å². The number of rotatable bonds is 7. The number of fused-ring (bicyclic) bond motifs is 5. The molecule has 3 saturated carbocycles. The Balaban J connectivity index is 1.47. The van der Waals surface area contributed by atoms with Crippen LogP contribution < -0.4 is 0 Å². The predicted octanol–water partition coefficient (Wildman–Crippen LogP) is 6.19. The van der Waals surface area contributed by atoms with Gasteiger partial charge in [-0.2, -0.15) is 8.42 Å². The third kappa shape index (κ3) is 4.83. The highest BCUT2D eigenvalue weighted by Crippen LogP contribution is 2.67. The van der Waals surface area contributed by atoms with Crippen molar-refractivity contribution in [1.82, 2.24) is 0 Å². The quantitative estimate of drug-likeness (QED) is 0.334. The molecule has 0 bridgehead atoms. The minimum atomic E-state index is -4.40. The van der Waals surface area contributed by atoms with E-state index in [-0.39, 0.29) is 11.5 Å². The summed E-state index contributed by atoms with van der Waals surface area (Å²) in [5, 5.41) is 10.3. The standard InChI is InChI=1S/C27H46O5S/c1-17(2)25(28)11-6-18(3)22-9-10-23-21-8-7-19-16-20(32-33(29,30)31)12-14-26(19,4)24(21)13-15-27(22,23)5/h7,17-18,20-25,28H,6,8-16H2,1-5H3,(H,29,30,31)/t18-,20-,21+,22-,23+,24+,25+,26+,27-/m1/s1. The largest absolute Gasteiger partial charge is 0.397 e. The number of allylic oxidation sites excluding steroid dienone is 1. The monoisotopic (exact) mass is 482 g/mol. The van der Waals surface area contributed by atoms with E-state index in [2.05, 4.69) is 40.7 Å². The second kappa shape index (κ2) is 9.22. The molecule has 0 radical (unpaired) electrons. The summed E-state index contributed by atoms with van der Waals surface area (Å²) in [5.74, 6) is 3.89. The van der Waals surface area contributed by atoms with Gasteiger partial charge >= 0.3 is 10.4 Å². The predicted molar refractivity (Wildman–Crippen MR) is 131 cm³/mol. The first kappa shape index (κ1) is 25.7. The van der Waals surface area contributed by atoms with E-state index in [1.54, 1.807) is 0 Å². The van der Waals surface area contributed by atoms with Crippen LogP contribution in [-0.2, 0) is 14.6 Å². The van der Waals surface area contributed by atoms with Crippen LogP contribution in [0.5, 0.6) is 0 Å². The molecule has 33 heavy (non-hydrogen) atoms. The van der Waals surface area contributed by atoms with Crippen molar-refractivity contribution in [3.63, 3.8) is 0 Å². The van der Waals surface area contributed by atoms with Gasteiger partial charge in [-0.3, -0.25) is 4.55 Å². The molecule has 0 aromatic carbocycles. The highest BCUT2D eigenvalue weighted by atomic mass is 32.3. The Hall–Kier alpha value is -0.430. The summed E-state index contributed by atoms with van der Waals surface area (Å²) in [6.45, 7) is 11.6. The molecular formula is C27H46O5S. The number of aliphatic hydroxyl groups is 1. The summed E-state index contributed by atoms with van der Waals surface area (Å²) in [5.41, 5.74) is 1.89. The van der Waals surface area contributed by atoms with E-state index in [4.69, 9.17) is 8.74 Å². The van der Waals surface area contributed by atoms with Crippen LogP contribution in [0.4, 0.5) is 0 Å². The van der Waals surface area contributed by atoms with E-state index in [1.807, 2.05) is 0 Å². The van der Waals surface area contributed by atoms with Crippen molar-refractivity contribution >= 4 is 10.4 Å². The SMILES string of the molecule is CC(C)[C@@H](O)CC[C@@H](C)[C@H]1CC[C@H]2[C@@H]3CC=C4C[C@H](OS(=O)(=O)O)CC[C@]4(C)[C@H]3CC[C@]12C. The number of hydrogen-bond acceptors (Lipinski definition) is 4. The molecule has 0 aliphatic heterocycles. The zero-order chi connectivity index (χ0) is 24.2. The average molecular weight is 483 g/mol. The van der Waals surface area contributed by atoms with Gasteiger partial charge in [0.05, 0.1) is 12.2 Å². The van der Waals surface area contributed by atoms with E-state index in [0.717, 1.165) is 43.4 Å². The van der Waals surface area contributed by atoms with E-state index in [0.29, 0.717) is 36.0 Å². The van der Waals surface area contributed by atoms with Crippen LogP contribution in [0.1, 0.15) is 98.8 Å². The number of aliphatic hydroxyl groups excluding tert-OH is 1. The van der Waals surface area contributed by atoms with Crippen LogP contribution >= 0.6 is 0 Å². The van der Waals surface area contributed by atoms with Gasteiger partial charge in [0, 0.05) is 0 Å². The minimum absolute atomic E-state index is 0.133. The molecule has 0 unspecified atom stereocenters. The van der Waals surface area contributed by atoms with E-state index < -0.39 is 16.5 Å². The lowest BCUT2D eigenvalue weighted by Crippen LogP contribution is -2.51. The molecular weight excluding hydrogens is 436 g/mol. The van der Waals surface area contributed by atoms with E-state index >= 15 is 0 Å². The van der Waals surface area contributed by atoms with Crippen LogP contribution in [0.15, 0.2) is 11.6 Å². The van der Waals surface area contributed by atoms with Gasteiger partial charge in [-0.05, 0) is 111 Å². The Morgan fingerprint density at radius 1 is 1.06 bits per heavy atom. The van der Waals surface area contributed by atoms with Crippen molar-refractivity contribution in [1.29, 1.82) is 0 Å². The molecule has 9 atom stereocenters. The van der Waals surface area contributed by atoms with E-state index in [9.17, 15) is 13.5 Å². The molecule has 4 rings (SSSR count). The van der Waals surface area contributed by atoms with Gasteiger partial charge < -0.3 is 5.11 Å². The summed E-state index contributed by atoms with van der Waals surface area (Å²) in [6, 6.07) is 0. The van der Waals surface area contributed by atoms with E-state index in [1.165, 1.54) is 31.3 Å². The van der Waals surface area contributed by atoms with Gasteiger partial charge in [0.2, 0.25) is 0 Å². The average Bonchev–Trinajstić information content (AvgIpc) is 3.08. The Bertz CT molecular complexity index is 851. The smallest absolute Gasteiger partial charge is 0.393 e. The first-order valence-electron chi connectivity index (χ1n) is 13.4.